The predicted octanol–water partition coefficient (Wildman–Crippen LogP) is 5.37. The Hall–Kier alpha value is -1.67. The molecule has 23 heavy (non-hydrogen) atoms. The Morgan fingerprint density at radius 1 is 0.957 bits per heavy atom. The predicted molar refractivity (Wildman–Crippen MR) is 98.8 cm³/mol. The van der Waals surface area contributed by atoms with Crippen molar-refractivity contribution in [3.05, 3.63) is 48.0 Å². The van der Waals surface area contributed by atoms with Gasteiger partial charge in [-0.15, -0.1) is 0 Å². The normalized spacial score (nSPS) is 12.7. The largest absolute Gasteiger partial charge is 0.298 e. The molecular weight excluding hydrogens is 282 g/mol. The maximum absolute atomic E-state index is 12.8. The van der Waals surface area contributed by atoms with Crippen LogP contribution in [-0.4, -0.2) is 24.8 Å². The summed E-state index contributed by atoms with van der Waals surface area (Å²) < 4.78 is 0. The quantitative estimate of drug-likeness (QED) is 0.580. The van der Waals surface area contributed by atoms with Crippen LogP contribution in [0.2, 0.25) is 0 Å². The third-order valence-corrected chi connectivity index (χ3v) is 4.47. The highest BCUT2D eigenvalue weighted by molar-refractivity contribution is 5.93. The minimum Gasteiger partial charge on any atom is -0.298 e. The van der Waals surface area contributed by atoms with E-state index in [1.807, 2.05) is 26.2 Å². The lowest BCUT2D eigenvalue weighted by molar-refractivity contribution is -0.123. The van der Waals surface area contributed by atoms with Crippen LogP contribution in [0.25, 0.3) is 10.8 Å². The molecule has 1 unspecified atom stereocenters. The minimum absolute atomic E-state index is 0.146. The summed E-state index contributed by atoms with van der Waals surface area (Å²) in [4.78, 5) is 14.9. The lowest BCUT2D eigenvalue weighted by Gasteiger charge is -2.25. The number of fused-ring (bicyclic) bond motifs is 1. The first kappa shape index (κ1) is 17.7. The molecule has 0 heterocycles. The van der Waals surface area contributed by atoms with Crippen molar-refractivity contribution in [3.8, 4) is 0 Å². The van der Waals surface area contributed by atoms with Gasteiger partial charge in [-0.2, -0.15) is 0 Å². The first-order chi connectivity index (χ1) is 11.1. The van der Waals surface area contributed by atoms with E-state index in [9.17, 15) is 4.79 Å². The Labute approximate surface area is 140 Å². The van der Waals surface area contributed by atoms with Crippen molar-refractivity contribution >= 4 is 16.6 Å². The SMILES string of the molecule is CCCCCCCC(=O)C(c1cccc2ccccc12)N(C)C. The van der Waals surface area contributed by atoms with Crippen LogP contribution in [0.15, 0.2) is 42.5 Å². The molecular formula is C21H29NO. The standard InChI is InChI=1S/C21H29NO/c1-4-5-6-7-8-16-20(23)21(22(2)3)19-15-11-13-17-12-9-10-14-18(17)19/h9-15,21H,4-8,16H2,1-3H3. The second-order valence-electron chi connectivity index (χ2n) is 6.57. The van der Waals surface area contributed by atoms with E-state index in [4.69, 9.17) is 0 Å². The van der Waals surface area contributed by atoms with Gasteiger partial charge in [-0.05, 0) is 36.9 Å². The zero-order valence-corrected chi connectivity index (χ0v) is 14.7. The van der Waals surface area contributed by atoms with Crippen LogP contribution in [0.1, 0.15) is 57.1 Å². The van der Waals surface area contributed by atoms with Crippen LogP contribution >= 0.6 is 0 Å². The van der Waals surface area contributed by atoms with Crippen LogP contribution < -0.4 is 0 Å². The Balaban J connectivity index is 2.15. The third kappa shape index (κ3) is 4.65. The fourth-order valence-corrected chi connectivity index (χ4v) is 3.27. The summed E-state index contributed by atoms with van der Waals surface area (Å²) in [6.45, 7) is 2.22. The zero-order chi connectivity index (χ0) is 16.7. The highest BCUT2D eigenvalue weighted by Crippen LogP contribution is 2.29. The minimum atomic E-state index is -0.146. The van der Waals surface area contributed by atoms with Gasteiger partial charge in [0.25, 0.3) is 0 Å². The lowest BCUT2D eigenvalue weighted by Crippen LogP contribution is -2.27. The molecule has 0 N–H and O–H groups in total. The molecule has 0 aliphatic rings. The summed E-state index contributed by atoms with van der Waals surface area (Å²) in [6.07, 6.45) is 6.60. The van der Waals surface area contributed by atoms with E-state index in [0.29, 0.717) is 12.2 Å². The van der Waals surface area contributed by atoms with E-state index in [1.165, 1.54) is 30.0 Å². The van der Waals surface area contributed by atoms with E-state index in [2.05, 4.69) is 42.2 Å². The fourth-order valence-electron chi connectivity index (χ4n) is 3.27. The highest BCUT2D eigenvalue weighted by atomic mass is 16.1. The summed E-state index contributed by atoms with van der Waals surface area (Å²) >= 11 is 0. The molecule has 0 radical (unpaired) electrons. The molecule has 2 aromatic carbocycles. The van der Waals surface area contributed by atoms with Crippen molar-refractivity contribution in [3.63, 3.8) is 0 Å². The van der Waals surface area contributed by atoms with Gasteiger partial charge in [0.05, 0.1) is 6.04 Å². The number of hydrogen-bond donors (Lipinski definition) is 0. The number of rotatable bonds is 9. The second kappa shape index (κ2) is 8.83. The number of carbonyl (C=O) groups excluding carboxylic acids is 1. The number of benzene rings is 2. The topological polar surface area (TPSA) is 20.3 Å². The maximum Gasteiger partial charge on any atom is 0.154 e. The van der Waals surface area contributed by atoms with Gasteiger partial charge in [-0.3, -0.25) is 9.69 Å². The maximum atomic E-state index is 12.8. The van der Waals surface area contributed by atoms with Gasteiger partial charge in [-0.1, -0.05) is 75.1 Å². The molecule has 0 aliphatic carbocycles. The molecule has 2 aromatic rings. The van der Waals surface area contributed by atoms with E-state index < -0.39 is 0 Å². The molecule has 0 spiro atoms. The second-order valence-corrected chi connectivity index (χ2v) is 6.57. The number of carbonyl (C=O) groups is 1. The lowest BCUT2D eigenvalue weighted by atomic mass is 9.93. The molecule has 1 atom stereocenters. The van der Waals surface area contributed by atoms with Crippen LogP contribution in [0, 0.1) is 0 Å². The smallest absolute Gasteiger partial charge is 0.154 e. The van der Waals surface area contributed by atoms with Gasteiger partial charge >= 0.3 is 0 Å². The summed E-state index contributed by atoms with van der Waals surface area (Å²) in [6, 6.07) is 14.5. The average Bonchev–Trinajstić information content (AvgIpc) is 2.55. The Morgan fingerprint density at radius 3 is 2.39 bits per heavy atom. The van der Waals surface area contributed by atoms with Crippen molar-refractivity contribution in [2.75, 3.05) is 14.1 Å². The van der Waals surface area contributed by atoms with Crippen LogP contribution in [0.4, 0.5) is 0 Å². The number of unbranched alkanes of at least 4 members (excludes halogenated alkanes) is 4. The summed E-state index contributed by atoms with van der Waals surface area (Å²) in [5.74, 6) is 0.336. The van der Waals surface area contributed by atoms with Gasteiger partial charge in [0.2, 0.25) is 0 Å². The van der Waals surface area contributed by atoms with Crippen LogP contribution in [0.3, 0.4) is 0 Å². The molecule has 0 saturated heterocycles. The first-order valence-electron chi connectivity index (χ1n) is 8.82. The van der Waals surface area contributed by atoms with Gasteiger partial charge in [0.15, 0.2) is 5.78 Å². The van der Waals surface area contributed by atoms with Gasteiger partial charge in [0, 0.05) is 6.42 Å². The van der Waals surface area contributed by atoms with Crippen molar-refractivity contribution in [1.82, 2.24) is 4.90 Å². The molecule has 0 saturated carbocycles. The third-order valence-electron chi connectivity index (χ3n) is 4.47. The molecule has 0 bridgehead atoms. The summed E-state index contributed by atoms with van der Waals surface area (Å²) in [5, 5.41) is 2.39. The Bertz CT molecular complexity index is 627. The van der Waals surface area contributed by atoms with Crippen molar-refractivity contribution in [2.45, 2.75) is 51.5 Å². The average molecular weight is 311 g/mol. The number of nitrogens with zero attached hydrogens (tertiary/aromatic N) is 1. The molecule has 2 heteroatoms. The molecule has 0 aliphatic heterocycles. The molecule has 124 valence electrons. The van der Waals surface area contributed by atoms with E-state index in [0.717, 1.165) is 18.4 Å². The molecule has 0 fully saturated rings. The molecule has 2 rings (SSSR count). The molecule has 0 amide bonds. The van der Waals surface area contributed by atoms with Gasteiger partial charge in [0.1, 0.15) is 0 Å². The van der Waals surface area contributed by atoms with Gasteiger partial charge < -0.3 is 0 Å². The summed E-state index contributed by atoms with van der Waals surface area (Å²) in [7, 11) is 4.00. The number of Topliss-reactive ketones (excluding diaryl/α,β-unsaturated/α-hetero) is 1. The molecule has 0 aromatic heterocycles. The van der Waals surface area contributed by atoms with E-state index in [-0.39, 0.29) is 6.04 Å². The Kier molecular flexibility index (Phi) is 6.79. The van der Waals surface area contributed by atoms with Gasteiger partial charge in [-0.25, -0.2) is 0 Å². The Morgan fingerprint density at radius 2 is 1.65 bits per heavy atom. The number of hydrogen-bond acceptors (Lipinski definition) is 2. The first-order valence-corrected chi connectivity index (χ1v) is 8.82. The summed E-state index contributed by atoms with van der Waals surface area (Å²) in [5.41, 5.74) is 1.13. The van der Waals surface area contributed by atoms with Crippen LogP contribution in [-0.2, 0) is 4.79 Å². The van der Waals surface area contributed by atoms with E-state index in [1.54, 1.807) is 0 Å². The van der Waals surface area contributed by atoms with Crippen molar-refractivity contribution < 1.29 is 4.79 Å². The zero-order valence-electron chi connectivity index (χ0n) is 14.7. The highest BCUT2D eigenvalue weighted by Gasteiger charge is 2.23. The van der Waals surface area contributed by atoms with E-state index >= 15 is 0 Å². The van der Waals surface area contributed by atoms with Crippen molar-refractivity contribution in [2.24, 2.45) is 0 Å². The monoisotopic (exact) mass is 311 g/mol. The number of ketones is 1. The van der Waals surface area contributed by atoms with Crippen LogP contribution in [0.5, 0.6) is 0 Å². The fraction of sp³-hybridized carbons (Fsp3) is 0.476. The number of likely N-dealkylation sites (N-methyl/N-ethyl adjacent to an activating group) is 1. The van der Waals surface area contributed by atoms with Crippen molar-refractivity contribution in [1.29, 1.82) is 0 Å². The molecule has 2 nitrogen and oxygen atoms in total.